The Labute approximate surface area is 196 Å². The minimum atomic E-state index is -0.153. The quantitative estimate of drug-likeness (QED) is 0.580. The van der Waals surface area contributed by atoms with E-state index in [1.807, 2.05) is 37.4 Å². The fourth-order valence-electron chi connectivity index (χ4n) is 3.98. The molecule has 0 aliphatic carbocycles. The summed E-state index contributed by atoms with van der Waals surface area (Å²) in [5, 5.41) is 13.2. The molecule has 3 heterocycles. The summed E-state index contributed by atoms with van der Waals surface area (Å²) < 4.78 is 7.12. The van der Waals surface area contributed by atoms with E-state index in [4.69, 9.17) is 4.74 Å². The number of anilines is 1. The minimum absolute atomic E-state index is 0.00681. The van der Waals surface area contributed by atoms with Gasteiger partial charge in [0.15, 0.2) is 0 Å². The molecule has 1 aromatic carbocycles. The summed E-state index contributed by atoms with van der Waals surface area (Å²) in [4.78, 5) is 32.3. The van der Waals surface area contributed by atoms with E-state index in [2.05, 4.69) is 16.4 Å². The summed E-state index contributed by atoms with van der Waals surface area (Å²) in [6.45, 7) is 3.11. The normalized spacial score (nSPS) is 12.7. The maximum absolute atomic E-state index is 12.7. The molecule has 0 bridgehead atoms. The van der Waals surface area contributed by atoms with Gasteiger partial charge in [-0.1, -0.05) is 18.2 Å². The van der Waals surface area contributed by atoms with Gasteiger partial charge in [0.1, 0.15) is 23.4 Å². The number of nitrogens with one attached hydrogen (secondary N) is 1. The predicted octanol–water partition coefficient (Wildman–Crippen LogP) is 3.29. The van der Waals surface area contributed by atoms with E-state index in [0.29, 0.717) is 36.5 Å². The average molecular weight is 464 g/mol. The van der Waals surface area contributed by atoms with Crippen LogP contribution in [-0.2, 0) is 35.5 Å². The zero-order chi connectivity index (χ0) is 23.4. The van der Waals surface area contributed by atoms with E-state index < -0.39 is 0 Å². The van der Waals surface area contributed by atoms with Crippen LogP contribution in [0.3, 0.4) is 0 Å². The fourth-order valence-corrected chi connectivity index (χ4v) is 5.21. The van der Waals surface area contributed by atoms with Crippen molar-refractivity contribution in [2.75, 3.05) is 19.0 Å². The first-order chi connectivity index (χ1) is 16.0. The highest BCUT2D eigenvalue weighted by molar-refractivity contribution is 7.16. The molecule has 1 aliphatic heterocycles. The summed E-state index contributed by atoms with van der Waals surface area (Å²) in [5.74, 6) is 0.608. The van der Waals surface area contributed by atoms with Gasteiger partial charge in [-0.05, 0) is 37.0 Å². The highest BCUT2D eigenvalue weighted by Crippen LogP contribution is 2.37. The molecule has 2 aromatic heterocycles. The van der Waals surface area contributed by atoms with Crippen LogP contribution in [0.15, 0.2) is 36.8 Å². The van der Waals surface area contributed by atoms with E-state index in [0.717, 1.165) is 27.4 Å². The Balaban J connectivity index is 1.41. The van der Waals surface area contributed by atoms with Gasteiger partial charge in [0.05, 0.1) is 31.2 Å². The molecule has 2 amide bonds. The zero-order valence-corrected chi connectivity index (χ0v) is 19.4. The monoisotopic (exact) mass is 463 g/mol. The van der Waals surface area contributed by atoms with Gasteiger partial charge in [-0.15, -0.1) is 11.3 Å². The third-order valence-corrected chi connectivity index (χ3v) is 6.80. The molecule has 33 heavy (non-hydrogen) atoms. The van der Waals surface area contributed by atoms with Crippen molar-refractivity contribution in [3.8, 4) is 11.8 Å². The standard InChI is InChI=1S/C24H25N5O3S/c1-16-12-28(15-26-16)14-23(31)29-10-9-18-19(11-25)24(33-21(18)13-29)27-22(30)8-7-17-5-3-4-6-20(17)32-2/h3-6,12,15H,7-10,13-14H2,1-2H3,(H,27,30). The van der Waals surface area contributed by atoms with Gasteiger partial charge in [-0.3, -0.25) is 9.59 Å². The number of rotatable bonds is 7. The molecule has 170 valence electrons. The first-order valence-electron chi connectivity index (χ1n) is 10.7. The van der Waals surface area contributed by atoms with Crippen molar-refractivity contribution in [3.63, 3.8) is 0 Å². The Kier molecular flexibility index (Phi) is 6.75. The molecule has 0 radical (unpaired) electrons. The number of aryl methyl sites for hydroxylation is 2. The largest absolute Gasteiger partial charge is 0.496 e. The molecular weight excluding hydrogens is 438 g/mol. The lowest BCUT2D eigenvalue weighted by molar-refractivity contribution is -0.132. The molecule has 0 fully saturated rings. The molecule has 0 spiro atoms. The summed E-state index contributed by atoms with van der Waals surface area (Å²) in [6.07, 6.45) is 4.91. The Morgan fingerprint density at radius 3 is 2.88 bits per heavy atom. The Morgan fingerprint density at radius 2 is 2.15 bits per heavy atom. The summed E-state index contributed by atoms with van der Waals surface area (Å²) in [6, 6.07) is 9.86. The zero-order valence-electron chi connectivity index (χ0n) is 18.6. The highest BCUT2D eigenvalue weighted by Gasteiger charge is 2.27. The van der Waals surface area contributed by atoms with Gasteiger partial charge in [0.25, 0.3) is 0 Å². The Morgan fingerprint density at radius 1 is 1.33 bits per heavy atom. The van der Waals surface area contributed by atoms with Crippen LogP contribution in [0.5, 0.6) is 5.75 Å². The van der Waals surface area contributed by atoms with Crippen LogP contribution in [0.4, 0.5) is 5.00 Å². The number of ether oxygens (including phenoxy) is 1. The van der Waals surface area contributed by atoms with Crippen LogP contribution in [-0.4, -0.2) is 39.9 Å². The number of imidazole rings is 1. The third kappa shape index (κ3) is 5.07. The molecule has 1 aliphatic rings. The Bertz CT molecular complexity index is 1220. The van der Waals surface area contributed by atoms with E-state index in [-0.39, 0.29) is 24.8 Å². The van der Waals surface area contributed by atoms with E-state index in [1.165, 1.54) is 11.3 Å². The number of para-hydroxylation sites is 1. The number of hydrogen-bond donors (Lipinski definition) is 1. The second kappa shape index (κ2) is 9.88. The number of carbonyl (C=O) groups is 2. The first-order valence-corrected chi connectivity index (χ1v) is 11.5. The smallest absolute Gasteiger partial charge is 0.242 e. The molecule has 3 aromatic rings. The van der Waals surface area contributed by atoms with Crippen molar-refractivity contribution >= 4 is 28.2 Å². The van der Waals surface area contributed by atoms with Gasteiger partial charge in [-0.2, -0.15) is 5.26 Å². The number of carbonyl (C=O) groups excluding carboxylic acids is 2. The summed E-state index contributed by atoms with van der Waals surface area (Å²) in [7, 11) is 1.61. The SMILES string of the molecule is COc1ccccc1CCC(=O)Nc1sc2c(c1C#N)CCN(C(=O)Cn1cnc(C)c1)C2. The molecule has 0 saturated carbocycles. The van der Waals surface area contributed by atoms with Gasteiger partial charge < -0.3 is 19.5 Å². The summed E-state index contributed by atoms with van der Waals surface area (Å²) >= 11 is 1.38. The van der Waals surface area contributed by atoms with E-state index in [9.17, 15) is 14.9 Å². The maximum Gasteiger partial charge on any atom is 0.242 e. The van der Waals surface area contributed by atoms with Crippen LogP contribution >= 0.6 is 11.3 Å². The van der Waals surface area contributed by atoms with E-state index >= 15 is 0 Å². The van der Waals surface area contributed by atoms with Gasteiger partial charge in [-0.25, -0.2) is 4.98 Å². The lowest BCUT2D eigenvalue weighted by atomic mass is 10.0. The molecular formula is C24H25N5O3S. The fraction of sp³-hybridized carbons (Fsp3) is 0.333. The average Bonchev–Trinajstić information content (AvgIpc) is 3.39. The second-order valence-electron chi connectivity index (χ2n) is 7.93. The van der Waals surface area contributed by atoms with Crippen molar-refractivity contribution in [2.24, 2.45) is 0 Å². The molecule has 0 saturated heterocycles. The summed E-state index contributed by atoms with van der Waals surface area (Å²) in [5.41, 5.74) is 3.28. The minimum Gasteiger partial charge on any atom is -0.496 e. The molecule has 1 N–H and O–H groups in total. The van der Waals surface area contributed by atoms with Crippen LogP contribution in [0.25, 0.3) is 0 Å². The van der Waals surface area contributed by atoms with Gasteiger partial charge >= 0.3 is 0 Å². The molecule has 9 heteroatoms. The number of hydrogen-bond acceptors (Lipinski definition) is 6. The highest BCUT2D eigenvalue weighted by atomic mass is 32.1. The first kappa shape index (κ1) is 22.6. The van der Waals surface area contributed by atoms with Crippen molar-refractivity contribution in [1.29, 1.82) is 5.26 Å². The number of benzene rings is 1. The molecule has 0 atom stereocenters. The second-order valence-corrected chi connectivity index (χ2v) is 9.04. The van der Waals surface area contributed by atoms with Crippen molar-refractivity contribution < 1.29 is 14.3 Å². The number of amides is 2. The molecule has 0 unspecified atom stereocenters. The van der Waals surface area contributed by atoms with Crippen molar-refractivity contribution in [1.82, 2.24) is 14.5 Å². The number of thiophene rings is 1. The van der Waals surface area contributed by atoms with Crippen molar-refractivity contribution in [2.45, 2.75) is 39.3 Å². The predicted molar refractivity (Wildman–Crippen MR) is 125 cm³/mol. The Hall–Kier alpha value is -3.64. The number of aromatic nitrogens is 2. The molecule has 8 nitrogen and oxygen atoms in total. The number of methoxy groups -OCH3 is 1. The third-order valence-electron chi connectivity index (χ3n) is 5.67. The van der Waals surface area contributed by atoms with Gasteiger partial charge in [0, 0.05) is 24.0 Å². The lowest BCUT2D eigenvalue weighted by Crippen LogP contribution is -2.37. The van der Waals surface area contributed by atoms with Crippen LogP contribution < -0.4 is 10.1 Å². The maximum atomic E-state index is 12.7. The number of fused-ring (bicyclic) bond motifs is 1. The van der Waals surface area contributed by atoms with Crippen LogP contribution in [0.2, 0.25) is 0 Å². The molecule has 4 rings (SSSR count). The van der Waals surface area contributed by atoms with Crippen LogP contribution in [0, 0.1) is 18.3 Å². The lowest BCUT2D eigenvalue weighted by Gasteiger charge is -2.27. The number of nitrogens with zero attached hydrogens (tertiary/aromatic N) is 4. The van der Waals surface area contributed by atoms with E-state index in [1.54, 1.807) is 22.9 Å². The van der Waals surface area contributed by atoms with Crippen LogP contribution in [0.1, 0.15) is 33.7 Å². The topological polar surface area (TPSA) is 100 Å². The van der Waals surface area contributed by atoms with Gasteiger partial charge in [0.2, 0.25) is 11.8 Å². The van der Waals surface area contributed by atoms with Crippen molar-refractivity contribution in [3.05, 3.63) is 64.1 Å². The number of nitriles is 1.